The van der Waals surface area contributed by atoms with E-state index in [-0.39, 0.29) is 11.9 Å². The second-order valence-corrected chi connectivity index (χ2v) is 9.08. The molecule has 1 N–H and O–H groups in total. The van der Waals surface area contributed by atoms with E-state index in [9.17, 15) is 4.79 Å². The van der Waals surface area contributed by atoms with Crippen LogP contribution in [0.15, 0.2) is 66.7 Å². The van der Waals surface area contributed by atoms with Crippen molar-refractivity contribution in [3.63, 3.8) is 0 Å². The lowest BCUT2D eigenvalue weighted by Gasteiger charge is -2.36. The van der Waals surface area contributed by atoms with Gasteiger partial charge in [0.1, 0.15) is 0 Å². The monoisotopic (exact) mass is 427 g/mol. The molecule has 3 aromatic carbocycles. The van der Waals surface area contributed by atoms with Crippen molar-refractivity contribution < 1.29 is 4.79 Å². The van der Waals surface area contributed by atoms with Gasteiger partial charge in [-0.3, -0.25) is 9.69 Å². The average Bonchev–Trinajstić information content (AvgIpc) is 2.78. The highest BCUT2D eigenvalue weighted by Gasteiger charge is 2.25. The molecule has 1 aliphatic heterocycles. The number of aryl methyl sites for hydroxylation is 2. The highest BCUT2D eigenvalue weighted by atomic mass is 16.1. The molecule has 0 radical (unpaired) electrons. The summed E-state index contributed by atoms with van der Waals surface area (Å²) in [5, 5.41) is 3.22. The maximum atomic E-state index is 13.0. The quantitative estimate of drug-likeness (QED) is 0.608. The number of hydrogen-bond donors (Lipinski definition) is 1. The van der Waals surface area contributed by atoms with E-state index in [0.717, 1.165) is 36.2 Å². The van der Waals surface area contributed by atoms with E-state index >= 15 is 0 Å². The predicted molar refractivity (Wildman–Crippen MR) is 132 cm³/mol. The van der Waals surface area contributed by atoms with Crippen molar-refractivity contribution in [2.24, 2.45) is 0 Å². The summed E-state index contributed by atoms with van der Waals surface area (Å²) in [6, 6.07) is 23.5. The molecule has 1 atom stereocenters. The van der Waals surface area contributed by atoms with E-state index < -0.39 is 0 Å². The minimum Gasteiger partial charge on any atom is -0.378 e. The first-order valence-electron chi connectivity index (χ1n) is 11.4. The predicted octanol–water partition coefficient (Wildman–Crippen LogP) is 4.90. The minimum absolute atomic E-state index is 0.0101. The van der Waals surface area contributed by atoms with Gasteiger partial charge in [-0.25, -0.2) is 0 Å². The smallest absolute Gasteiger partial charge is 0.251 e. The molecule has 0 fully saturated rings. The Morgan fingerprint density at radius 3 is 2.28 bits per heavy atom. The molecule has 0 aliphatic carbocycles. The average molecular weight is 428 g/mol. The Balaban J connectivity index is 1.57. The number of rotatable bonds is 6. The minimum atomic E-state index is -0.0101. The standard InChI is InChI=1S/C28H33N3O/c1-20-15-21(2)17-25(16-20)28(32)29-18-27(23-9-11-26(12-10-23)30(3)4)31-14-13-22-7-5-6-8-24(22)19-31/h5-12,15-17,27H,13-14,18-19H2,1-4H3,(H,29,32). The highest BCUT2D eigenvalue weighted by molar-refractivity contribution is 5.94. The third kappa shape index (κ3) is 5.03. The summed E-state index contributed by atoms with van der Waals surface area (Å²) in [6.07, 6.45) is 1.04. The molecule has 0 saturated heterocycles. The van der Waals surface area contributed by atoms with Gasteiger partial charge in [0.2, 0.25) is 0 Å². The van der Waals surface area contributed by atoms with Gasteiger partial charge < -0.3 is 10.2 Å². The fourth-order valence-electron chi connectivity index (χ4n) is 4.63. The molecule has 0 spiro atoms. The van der Waals surface area contributed by atoms with Crippen LogP contribution in [-0.2, 0) is 13.0 Å². The zero-order valence-electron chi connectivity index (χ0n) is 19.6. The van der Waals surface area contributed by atoms with Crippen LogP contribution < -0.4 is 10.2 Å². The van der Waals surface area contributed by atoms with Crippen molar-refractivity contribution in [2.45, 2.75) is 32.9 Å². The van der Waals surface area contributed by atoms with E-state index in [1.54, 1.807) is 0 Å². The summed E-state index contributed by atoms with van der Waals surface area (Å²) < 4.78 is 0. The normalized spacial score (nSPS) is 14.5. The number of benzene rings is 3. The number of anilines is 1. The Kier molecular flexibility index (Phi) is 6.61. The molecule has 0 bridgehead atoms. The molecule has 0 saturated carbocycles. The first kappa shape index (κ1) is 22.1. The second kappa shape index (κ2) is 9.58. The lowest BCUT2D eigenvalue weighted by atomic mass is 9.96. The van der Waals surface area contributed by atoms with Crippen molar-refractivity contribution >= 4 is 11.6 Å². The first-order chi connectivity index (χ1) is 15.4. The van der Waals surface area contributed by atoms with Gasteiger partial charge in [0.05, 0.1) is 6.04 Å². The van der Waals surface area contributed by atoms with Crippen molar-refractivity contribution in [1.82, 2.24) is 10.2 Å². The fraction of sp³-hybridized carbons (Fsp3) is 0.321. The van der Waals surface area contributed by atoms with Crippen LogP contribution in [0.5, 0.6) is 0 Å². The summed E-state index contributed by atoms with van der Waals surface area (Å²) >= 11 is 0. The Labute approximate surface area is 191 Å². The number of fused-ring (bicyclic) bond motifs is 1. The van der Waals surface area contributed by atoms with Gasteiger partial charge in [0.25, 0.3) is 5.91 Å². The number of amides is 1. The largest absolute Gasteiger partial charge is 0.378 e. The molecule has 1 amide bonds. The zero-order valence-corrected chi connectivity index (χ0v) is 19.6. The number of hydrogen-bond acceptors (Lipinski definition) is 3. The molecule has 4 heteroatoms. The van der Waals surface area contributed by atoms with Gasteiger partial charge in [-0.15, -0.1) is 0 Å². The summed E-state index contributed by atoms with van der Waals surface area (Å²) in [4.78, 5) is 17.6. The van der Waals surface area contributed by atoms with Crippen molar-refractivity contribution in [1.29, 1.82) is 0 Å². The maximum Gasteiger partial charge on any atom is 0.251 e. The van der Waals surface area contributed by atoms with Gasteiger partial charge >= 0.3 is 0 Å². The SMILES string of the molecule is Cc1cc(C)cc(C(=O)NCC(c2ccc(N(C)C)cc2)N2CCc3ccccc3C2)c1. The van der Waals surface area contributed by atoms with E-state index in [1.807, 2.05) is 26.0 Å². The van der Waals surface area contributed by atoms with Gasteiger partial charge in [0.15, 0.2) is 0 Å². The van der Waals surface area contributed by atoms with Crippen LogP contribution in [0.3, 0.4) is 0 Å². The van der Waals surface area contributed by atoms with E-state index in [4.69, 9.17) is 0 Å². The highest BCUT2D eigenvalue weighted by Crippen LogP contribution is 2.29. The molecular weight excluding hydrogens is 394 g/mol. The molecule has 4 rings (SSSR count). The Bertz CT molecular complexity index is 1070. The first-order valence-corrected chi connectivity index (χ1v) is 11.4. The van der Waals surface area contributed by atoms with Crippen molar-refractivity contribution in [3.8, 4) is 0 Å². The van der Waals surface area contributed by atoms with Gasteiger partial charge in [0, 0.05) is 45.0 Å². The van der Waals surface area contributed by atoms with E-state index in [2.05, 4.69) is 83.8 Å². The van der Waals surface area contributed by atoms with Crippen LogP contribution in [0.4, 0.5) is 5.69 Å². The maximum absolute atomic E-state index is 13.0. The molecule has 4 nitrogen and oxygen atoms in total. The molecule has 1 aliphatic rings. The lowest BCUT2D eigenvalue weighted by Crippen LogP contribution is -2.40. The second-order valence-electron chi connectivity index (χ2n) is 9.08. The summed E-state index contributed by atoms with van der Waals surface area (Å²) in [7, 11) is 4.11. The Morgan fingerprint density at radius 2 is 1.62 bits per heavy atom. The molecular formula is C28H33N3O. The molecule has 1 heterocycles. The van der Waals surface area contributed by atoms with Crippen LogP contribution in [0.2, 0.25) is 0 Å². The fourth-order valence-corrected chi connectivity index (χ4v) is 4.63. The van der Waals surface area contributed by atoms with Crippen molar-refractivity contribution in [2.75, 3.05) is 32.1 Å². The van der Waals surface area contributed by atoms with E-state index in [0.29, 0.717) is 6.54 Å². The van der Waals surface area contributed by atoms with Crippen LogP contribution in [0, 0.1) is 13.8 Å². The molecule has 3 aromatic rings. The van der Waals surface area contributed by atoms with Crippen LogP contribution in [0.25, 0.3) is 0 Å². The van der Waals surface area contributed by atoms with Crippen LogP contribution in [-0.4, -0.2) is 38.0 Å². The van der Waals surface area contributed by atoms with Crippen molar-refractivity contribution in [3.05, 3.63) is 100 Å². The molecule has 1 unspecified atom stereocenters. The topological polar surface area (TPSA) is 35.6 Å². The zero-order chi connectivity index (χ0) is 22.7. The number of nitrogens with one attached hydrogen (secondary N) is 1. The molecule has 32 heavy (non-hydrogen) atoms. The van der Waals surface area contributed by atoms with E-state index in [1.165, 1.54) is 22.4 Å². The number of carbonyl (C=O) groups excluding carboxylic acids is 1. The molecule has 0 aromatic heterocycles. The third-order valence-electron chi connectivity index (χ3n) is 6.34. The molecule has 166 valence electrons. The van der Waals surface area contributed by atoms with Gasteiger partial charge in [-0.05, 0) is 61.2 Å². The summed E-state index contributed by atoms with van der Waals surface area (Å²) in [6.45, 7) is 6.52. The number of nitrogens with zero attached hydrogens (tertiary/aromatic N) is 2. The number of carbonyl (C=O) groups is 1. The summed E-state index contributed by atoms with van der Waals surface area (Å²) in [5.41, 5.74) is 8.18. The lowest BCUT2D eigenvalue weighted by molar-refractivity contribution is 0.0927. The summed E-state index contributed by atoms with van der Waals surface area (Å²) in [5.74, 6) is -0.0101. The van der Waals surface area contributed by atoms with Crippen LogP contribution in [0.1, 0.15) is 44.2 Å². The Morgan fingerprint density at radius 1 is 0.969 bits per heavy atom. The van der Waals surface area contributed by atoms with Crippen LogP contribution >= 0.6 is 0 Å². The van der Waals surface area contributed by atoms with Gasteiger partial charge in [-0.1, -0.05) is 53.6 Å². The Hall–Kier alpha value is -3.11. The van der Waals surface area contributed by atoms with Gasteiger partial charge in [-0.2, -0.15) is 0 Å². The third-order valence-corrected chi connectivity index (χ3v) is 6.34.